The van der Waals surface area contributed by atoms with Crippen molar-refractivity contribution in [3.05, 3.63) is 29.3 Å². The van der Waals surface area contributed by atoms with Crippen LogP contribution in [-0.2, 0) is 0 Å². The fourth-order valence-corrected chi connectivity index (χ4v) is 1.81. The van der Waals surface area contributed by atoms with Crippen molar-refractivity contribution in [3.63, 3.8) is 0 Å². The Morgan fingerprint density at radius 1 is 1.36 bits per heavy atom. The molecule has 1 aromatic carbocycles. The summed E-state index contributed by atoms with van der Waals surface area (Å²) in [4.78, 5) is 13.2. The largest absolute Gasteiger partial charge is 0.336 e. The van der Waals surface area contributed by atoms with Gasteiger partial charge in [-0.2, -0.15) is 0 Å². The molecule has 14 heavy (non-hydrogen) atoms. The SMILES string of the molecule is Cc1ccc(N2CCNC2=O)c(C)c1. The summed E-state index contributed by atoms with van der Waals surface area (Å²) in [6, 6.07) is 6.15. The van der Waals surface area contributed by atoms with Crippen molar-refractivity contribution in [3.8, 4) is 0 Å². The molecule has 0 atom stereocenters. The summed E-state index contributed by atoms with van der Waals surface area (Å²) in [5.74, 6) is 0. The molecule has 1 fully saturated rings. The van der Waals surface area contributed by atoms with E-state index in [1.54, 1.807) is 4.90 Å². The van der Waals surface area contributed by atoms with E-state index < -0.39 is 0 Å². The number of anilines is 1. The number of amides is 2. The molecule has 0 bridgehead atoms. The molecule has 1 aliphatic heterocycles. The molecule has 2 amide bonds. The van der Waals surface area contributed by atoms with Crippen LogP contribution in [0.1, 0.15) is 11.1 Å². The number of nitrogens with zero attached hydrogens (tertiary/aromatic N) is 1. The molecule has 1 aliphatic rings. The zero-order valence-corrected chi connectivity index (χ0v) is 8.50. The zero-order valence-electron chi connectivity index (χ0n) is 8.50. The predicted molar refractivity (Wildman–Crippen MR) is 56.7 cm³/mol. The van der Waals surface area contributed by atoms with Gasteiger partial charge >= 0.3 is 6.03 Å². The Kier molecular flexibility index (Phi) is 2.15. The summed E-state index contributed by atoms with van der Waals surface area (Å²) in [6.45, 7) is 5.60. The van der Waals surface area contributed by atoms with Gasteiger partial charge in [0.25, 0.3) is 0 Å². The highest BCUT2D eigenvalue weighted by atomic mass is 16.2. The third kappa shape index (κ3) is 1.45. The monoisotopic (exact) mass is 190 g/mol. The highest BCUT2D eigenvalue weighted by Gasteiger charge is 2.21. The van der Waals surface area contributed by atoms with Gasteiger partial charge < -0.3 is 5.32 Å². The van der Waals surface area contributed by atoms with E-state index in [2.05, 4.69) is 18.3 Å². The minimum absolute atomic E-state index is 0.0111. The number of nitrogens with one attached hydrogen (secondary N) is 1. The maximum absolute atomic E-state index is 11.4. The van der Waals surface area contributed by atoms with Crippen molar-refractivity contribution in [1.82, 2.24) is 5.32 Å². The average Bonchev–Trinajstić information content (AvgIpc) is 2.52. The molecular weight excluding hydrogens is 176 g/mol. The average molecular weight is 190 g/mol. The molecule has 0 spiro atoms. The van der Waals surface area contributed by atoms with Gasteiger partial charge in [-0.3, -0.25) is 4.90 Å². The molecule has 1 heterocycles. The summed E-state index contributed by atoms with van der Waals surface area (Å²) in [7, 11) is 0. The van der Waals surface area contributed by atoms with Gasteiger partial charge in [-0.15, -0.1) is 0 Å². The van der Waals surface area contributed by atoms with Crippen molar-refractivity contribution in [2.45, 2.75) is 13.8 Å². The van der Waals surface area contributed by atoms with Crippen LogP contribution in [0, 0.1) is 13.8 Å². The third-order valence-electron chi connectivity index (χ3n) is 2.50. The second kappa shape index (κ2) is 3.33. The van der Waals surface area contributed by atoms with E-state index in [-0.39, 0.29) is 6.03 Å². The number of hydrogen-bond donors (Lipinski definition) is 1. The molecule has 0 saturated carbocycles. The van der Waals surface area contributed by atoms with E-state index in [1.165, 1.54) is 5.56 Å². The van der Waals surface area contributed by atoms with E-state index >= 15 is 0 Å². The Balaban J connectivity index is 2.36. The number of benzene rings is 1. The van der Waals surface area contributed by atoms with Crippen molar-refractivity contribution >= 4 is 11.7 Å². The van der Waals surface area contributed by atoms with Crippen LogP contribution in [0.4, 0.5) is 10.5 Å². The summed E-state index contributed by atoms with van der Waals surface area (Å²) in [5, 5.41) is 2.80. The lowest BCUT2D eigenvalue weighted by atomic mass is 10.1. The smallest absolute Gasteiger partial charge is 0.322 e. The molecule has 74 valence electrons. The van der Waals surface area contributed by atoms with Crippen LogP contribution < -0.4 is 10.2 Å². The number of hydrogen-bond acceptors (Lipinski definition) is 1. The standard InChI is InChI=1S/C11H14N2O/c1-8-3-4-10(9(2)7-8)13-6-5-12-11(13)14/h3-4,7H,5-6H2,1-2H3,(H,12,14). The Morgan fingerprint density at radius 3 is 2.71 bits per heavy atom. The second-order valence-electron chi connectivity index (χ2n) is 3.67. The Labute approximate surface area is 83.7 Å². The summed E-state index contributed by atoms with van der Waals surface area (Å²) in [5.41, 5.74) is 3.40. The molecule has 3 heteroatoms. The topological polar surface area (TPSA) is 32.3 Å². The van der Waals surface area contributed by atoms with Crippen molar-refractivity contribution in [2.75, 3.05) is 18.0 Å². The van der Waals surface area contributed by atoms with E-state index in [4.69, 9.17) is 0 Å². The Bertz CT molecular complexity index is 374. The normalized spacial score (nSPS) is 15.9. The Morgan fingerprint density at radius 2 is 2.14 bits per heavy atom. The highest BCUT2D eigenvalue weighted by molar-refractivity contribution is 5.94. The first-order valence-corrected chi connectivity index (χ1v) is 4.81. The van der Waals surface area contributed by atoms with Crippen LogP contribution in [0.5, 0.6) is 0 Å². The molecule has 0 radical (unpaired) electrons. The molecule has 0 aliphatic carbocycles. The fourth-order valence-electron chi connectivity index (χ4n) is 1.81. The molecular formula is C11H14N2O. The van der Waals surface area contributed by atoms with E-state index in [9.17, 15) is 4.79 Å². The van der Waals surface area contributed by atoms with Crippen molar-refractivity contribution in [1.29, 1.82) is 0 Å². The maximum atomic E-state index is 11.4. The minimum atomic E-state index is 0.0111. The minimum Gasteiger partial charge on any atom is -0.336 e. The summed E-state index contributed by atoms with van der Waals surface area (Å²) < 4.78 is 0. The number of carbonyl (C=O) groups excluding carboxylic acids is 1. The molecule has 1 saturated heterocycles. The second-order valence-corrected chi connectivity index (χ2v) is 3.67. The first kappa shape index (κ1) is 9.06. The van der Waals surface area contributed by atoms with Crippen molar-refractivity contribution < 1.29 is 4.79 Å². The third-order valence-corrected chi connectivity index (χ3v) is 2.50. The van der Waals surface area contributed by atoms with Crippen LogP contribution in [0.15, 0.2) is 18.2 Å². The maximum Gasteiger partial charge on any atom is 0.322 e. The van der Waals surface area contributed by atoms with Gasteiger partial charge in [0.2, 0.25) is 0 Å². The molecule has 1 aromatic rings. The van der Waals surface area contributed by atoms with Crippen LogP contribution in [0.25, 0.3) is 0 Å². The van der Waals surface area contributed by atoms with Crippen LogP contribution in [0.2, 0.25) is 0 Å². The summed E-state index contributed by atoms with van der Waals surface area (Å²) >= 11 is 0. The fraction of sp³-hybridized carbons (Fsp3) is 0.364. The molecule has 2 rings (SSSR count). The van der Waals surface area contributed by atoms with Gasteiger partial charge in [0, 0.05) is 18.8 Å². The van der Waals surface area contributed by atoms with Crippen LogP contribution in [-0.4, -0.2) is 19.1 Å². The van der Waals surface area contributed by atoms with Crippen molar-refractivity contribution in [2.24, 2.45) is 0 Å². The van der Waals surface area contributed by atoms with Gasteiger partial charge in [-0.05, 0) is 25.5 Å². The molecule has 1 N–H and O–H groups in total. The summed E-state index contributed by atoms with van der Waals surface area (Å²) in [6.07, 6.45) is 0. The first-order chi connectivity index (χ1) is 6.68. The van der Waals surface area contributed by atoms with Crippen LogP contribution in [0.3, 0.4) is 0 Å². The quantitative estimate of drug-likeness (QED) is 0.720. The predicted octanol–water partition coefficient (Wildman–Crippen LogP) is 1.83. The van der Waals surface area contributed by atoms with Crippen LogP contribution >= 0.6 is 0 Å². The highest BCUT2D eigenvalue weighted by Crippen LogP contribution is 2.22. The number of carbonyl (C=O) groups is 1. The number of rotatable bonds is 1. The Hall–Kier alpha value is -1.51. The molecule has 3 nitrogen and oxygen atoms in total. The van der Waals surface area contributed by atoms with Gasteiger partial charge in [-0.25, -0.2) is 4.79 Å². The lowest BCUT2D eigenvalue weighted by Crippen LogP contribution is -2.28. The van der Waals surface area contributed by atoms with Gasteiger partial charge in [-0.1, -0.05) is 17.7 Å². The lowest BCUT2D eigenvalue weighted by Gasteiger charge is -2.17. The van der Waals surface area contributed by atoms with E-state index in [1.807, 2.05) is 19.1 Å². The number of urea groups is 1. The van der Waals surface area contributed by atoms with Gasteiger partial charge in [0.1, 0.15) is 0 Å². The first-order valence-electron chi connectivity index (χ1n) is 4.81. The number of aryl methyl sites for hydroxylation is 2. The van der Waals surface area contributed by atoms with Gasteiger partial charge in [0.05, 0.1) is 0 Å². The lowest BCUT2D eigenvalue weighted by molar-refractivity contribution is 0.252. The molecule has 0 unspecified atom stereocenters. The van der Waals surface area contributed by atoms with E-state index in [0.717, 1.165) is 24.3 Å². The van der Waals surface area contributed by atoms with E-state index in [0.29, 0.717) is 0 Å². The molecule has 0 aromatic heterocycles. The van der Waals surface area contributed by atoms with Gasteiger partial charge in [0.15, 0.2) is 0 Å². The zero-order chi connectivity index (χ0) is 10.1.